The molecule has 1 aliphatic rings. The van der Waals surface area contributed by atoms with Gasteiger partial charge >= 0.3 is 0 Å². The summed E-state index contributed by atoms with van der Waals surface area (Å²) in [5, 5.41) is 7.36. The van der Waals surface area contributed by atoms with Gasteiger partial charge in [0.2, 0.25) is 10.0 Å². The van der Waals surface area contributed by atoms with E-state index in [-0.39, 0.29) is 11.3 Å². The Balaban J connectivity index is 1.44. The Morgan fingerprint density at radius 1 is 1.15 bits per heavy atom. The molecule has 0 spiro atoms. The average molecular weight is 377 g/mol. The Morgan fingerprint density at radius 3 is 2.42 bits per heavy atom. The van der Waals surface area contributed by atoms with Crippen molar-refractivity contribution in [2.45, 2.75) is 50.8 Å². The van der Waals surface area contributed by atoms with Crippen LogP contribution >= 0.6 is 0 Å². The third-order valence-electron chi connectivity index (χ3n) is 5.03. The lowest BCUT2D eigenvalue weighted by Crippen LogP contribution is -2.41. The molecule has 1 aromatic carbocycles. The maximum absolute atomic E-state index is 12.0. The largest absolute Gasteiger partial charge is 0.385 e. The Labute approximate surface area is 156 Å². The van der Waals surface area contributed by atoms with E-state index >= 15 is 0 Å². The molecule has 6 nitrogen and oxygen atoms in total. The molecule has 0 bridgehead atoms. The van der Waals surface area contributed by atoms with E-state index in [0.29, 0.717) is 5.92 Å². The number of benzene rings is 1. The van der Waals surface area contributed by atoms with Crippen molar-refractivity contribution >= 4 is 15.7 Å². The van der Waals surface area contributed by atoms with Crippen LogP contribution in [0.25, 0.3) is 5.69 Å². The molecule has 3 rings (SSSR count). The highest BCUT2D eigenvalue weighted by atomic mass is 32.2. The predicted molar refractivity (Wildman–Crippen MR) is 105 cm³/mol. The smallest absolute Gasteiger partial charge is 0.214 e. The molecule has 7 heteroatoms. The highest BCUT2D eigenvalue weighted by Crippen LogP contribution is 2.25. The van der Waals surface area contributed by atoms with Crippen LogP contribution in [0.1, 0.15) is 39.5 Å². The zero-order chi connectivity index (χ0) is 18.6. The van der Waals surface area contributed by atoms with Crippen LogP contribution < -0.4 is 10.0 Å². The van der Waals surface area contributed by atoms with Gasteiger partial charge in [-0.15, -0.1) is 0 Å². The first-order chi connectivity index (χ1) is 12.4. The molecule has 1 fully saturated rings. The van der Waals surface area contributed by atoms with Crippen molar-refractivity contribution in [1.29, 1.82) is 0 Å². The molecule has 2 aromatic rings. The van der Waals surface area contributed by atoms with Crippen molar-refractivity contribution < 1.29 is 8.42 Å². The lowest BCUT2D eigenvalue weighted by atomic mass is 9.86. The predicted octanol–water partition coefficient (Wildman–Crippen LogP) is 3.17. The SMILES string of the molecule is CC(C)S(=O)(=O)NC1CCC(CNc2ccc(-n3cccn3)cc2)CC1. The molecule has 1 heterocycles. The quantitative estimate of drug-likeness (QED) is 0.778. The zero-order valence-corrected chi connectivity index (χ0v) is 16.2. The molecule has 0 saturated heterocycles. The van der Waals surface area contributed by atoms with Crippen molar-refractivity contribution in [2.24, 2.45) is 5.92 Å². The van der Waals surface area contributed by atoms with E-state index in [1.165, 1.54) is 0 Å². The van der Waals surface area contributed by atoms with Crippen molar-refractivity contribution in [3.8, 4) is 5.69 Å². The minimum absolute atomic E-state index is 0.0898. The molecule has 0 aliphatic heterocycles. The maximum Gasteiger partial charge on any atom is 0.214 e. The van der Waals surface area contributed by atoms with Crippen LogP contribution in [0.4, 0.5) is 5.69 Å². The number of anilines is 1. The Morgan fingerprint density at radius 2 is 1.85 bits per heavy atom. The van der Waals surface area contributed by atoms with Gasteiger partial charge in [0.15, 0.2) is 0 Å². The minimum Gasteiger partial charge on any atom is -0.385 e. The zero-order valence-electron chi connectivity index (χ0n) is 15.4. The number of sulfonamides is 1. The monoisotopic (exact) mass is 376 g/mol. The lowest BCUT2D eigenvalue weighted by Gasteiger charge is -2.29. The van der Waals surface area contributed by atoms with Crippen LogP contribution in [-0.4, -0.2) is 36.0 Å². The second-order valence-corrected chi connectivity index (χ2v) is 9.58. The molecule has 1 aromatic heterocycles. The summed E-state index contributed by atoms with van der Waals surface area (Å²) in [6.07, 6.45) is 7.61. The van der Waals surface area contributed by atoms with Crippen LogP contribution in [0.15, 0.2) is 42.7 Å². The maximum atomic E-state index is 12.0. The van der Waals surface area contributed by atoms with Gasteiger partial charge in [0.05, 0.1) is 10.9 Å². The lowest BCUT2D eigenvalue weighted by molar-refractivity contribution is 0.323. The van der Waals surface area contributed by atoms with Gasteiger partial charge in [-0.2, -0.15) is 5.10 Å². The number of hydrogen-bond acceptors (Lipinski definition) is 4. The van der Waals surface area contributed by atoms with Crippen molar-refractivity contribution in [1.82, 2.24) is 14.5 Å². The molecule has 0 unspecified atom stereocenters. The average Bonchev–Trinajstić information content (AvgIpc) is 3.16. The summed E-state index contributed by atoms with van der Waals surface area (Å²) in [4.78, 5) is 0. The first-order valence-corrected chi connectivity index (χ1v) is 10.8. The summed E-state index contributed by atoms with van der Waals surface area (Å²) < 4.78 is 28.6. The van der Waals surface area contributed by atoms with Crippen LogP contribution in [0, 0.1) is 5.92 Å². The molecule has 2 N–H and O–H groups in total. The van der Waals surface area contributed by atoms with Crippen molar-refractivity contribution in [2.75, 3.05) is 11.9 Å². The van der Waals surface area contributed by atoms with E-state index in [9.17, 15) is 8.42 Å². The van der Waals surface area contributed by atoms with Crippen LogP contribution in [0.5, 0.6) is 0 Å². The van der Waals surface area contributed by atoms with E-state index in [1.54, 1.807) is 20.0 Å². The van der Waals surface area contributed by atoms with E-state index in [0.717, 1.165) is 43.6 Å². The van der Waals surface area contributed by atoms with Gasteiger partial charge in [0.25, 0.3) is 0 Å². The summed E-state index contributed by atoms with van der Waals surface area (Å²) in [6.45, 7) is 4.36. The molecule has 142 valence electrons. The van der Waals surface area contributed by atoms with E-state index < -0.39 is 10.0 Å². The second kappa shape index (κ2) is 8.22. The second-order valence-electron chi connectivity index (χ2n) is 7.31. The Bertz CT molecular complexity index is 777. The van der Waals surface area contributed by atoms with Gasteiger partial charge < -0.3 is 5.32 Å². The van der Waals surface area contributed by atoms with Gasteiger partial charge in [-0.1, -0.05) is 0 Å². The first kappa shape index (κ1) is 18.9. The van der Waals surface area contributed by atoms with E-state index in [4.69, 9.17) is 0 Å². The fraction of sp³-hybridized carbons (Fsp3) is 0.526. The van der Waals surface area contributed by atoms with E-state index in [2.05, 4.69) is 27.3 Å². The third-order valence-corrected chi connectivity index (χ3v) is 6.93. The van der Waals surface area contributed by atoms with Crippen LogP contribution in [0.3, 0.4) is 0 Å². The molecule has 0 atom stereocenters. The van der Waals surface area contributed by atoms with Gasteiger partial charge in [-0.3, -0.25) is 0 Å². The topological polar surface area (TPSA) is 76.0 Å². The van der Waals surface area contributed by atoms with Gasteiger partial charge in [-0.25, -0.2) is 17.8 Å². The highest BCUT2D eigenvalue weighted by molar-refractivity contribution is 7.90. The first-order valence-electron chi connectivity index (χ1n) is 9.29. The van der Waals surface area contributed by atoms with Crippen molar-refractivity contribution in [3.05, 3.63) is 42.7 Å². The third kappa shape index (κ3) is 4.86. The number of aromatic nitrogens is 2. The van der Waals surface area contributed by atoms with Gasteiger partial charge in [0.1, 0.15) is 0 Å². The summed E-state index contributed by atoms with van der Waals surface area (Å²) >= 11 is 0. The summed E-state index contributed by atoms with van der Waals surface area (Å²) in [5.41, 5.74) is 2.14. The normalized spacial score (nSPS) is 21.0. The molecule has 0 radical (unpaired) electrons. The van der Waals surface area contributed by atoms with Crippen LogP contribution in [-0.2, 0) is 10.0 Å². The number of rotatable bonds is 7. The molecule has 1 aliphatic carbocycles. The summed E-state index contributed by atoms with van der Waals surface area (Å²) in [7, 11) is -3.17. The number of nitrogens with one attached hydrogen (secondary N) is 2. The molecular formula is C19H28N4O2S. The number of nitrogens with zero attached hydrogens (tertiary/aromatic N) is 2. The van der Waals surface area contributed by atoms with Gasteiger partial charge in [-0.05, 0) is 75.8 Å². The van der Waals surface area contributed by atoms with E-state index in [1.807, 2.05) is 29.1 Å². The molecule has 26 heavy (non-hydrogen) atoms. The summed E-state index contributed by atoms with van der Waals surface area (Å²) in [6, 6.07) is 10.2. The fourth-order valence-electron chi connectivity index (χ4n) is 3.27. The standard InChI is InChI=1S/C19H28N4O2S/c1-15(2)26(24,25)22-18-6-4-16(5-7-18)14-20-17-8-10-19(11-9-17)23-13-3-12-21-23/h3,8-13,15-16,18,20,22H,4-7,14H2,1-2H3. The molecular weight excluding hydrogens is 348 g/mol. The van der Waals surface area contributed by atoms with Crippen molar-refractivity contribution in [3.63, 3.8) is 0 Å². The number of hydrogen-bond donors (Lipinski definition) is 2. The summed E-state index contributed by atoms with van der Waals surface area (Å²) in [5.74, 6) is 0.584. The molecule has 0 amide bonds. The van der Waals surface area contributed by atoms with Crippen LogP contribution in [0.2, 0.25) is 0 Å². The van der Waals surface area contributed by atoms with Gasteiger partial charge in [0, 0.05) is 30.7 Å². The molecule has 1 saturated carbocycles. The highest BCUT2D eigenvalue weighted by Gasteiger charge is 2.26. The Kier molecular flexibility index (Phi) is 5.98. The Hall–Kier alpha value is -1.86. The fourth-order valence-corrected chi connectivity index (χ4v) is 4.24. The minimum atomic E-state index is -3.17.